The van der Waals surface area contributed by atoms with E-state index >= 15 is 0 Å². The largest absolute Gasteiger partial charge is 0.478 e. The molecule has 5 aromatic rings. The number of Topliss-reactive ketones (excluding diaryl/α,β-unsaturated/α-hetero) is 1. The summed E-state index contributed by atoms with van der Waals surface area (Å²) in [5.41, 5.74) is 4.72. The van der Waals surface area contributed by atoms with Crippen molar-refractivity contribution in [2.75, 3.05) is 33.2 Å². The number of rotatable bonds is 12. The lowest BCUT2D eigenvalue weighted by Gasteiger charge is -2.33. The maximum atomic E-state index is 14.0. The topological polar surface area (TPSA) is 95.7 Å². The first kappa shape index (κ1) is 31.9. The third-order valence-electron chi connectivity index (χ3n) is 9.30. The summed E-state index contributed by atoms with van der Waals surface area (Å²) in [5.74, 6) is -0.344. The summed E-state index contributed by atoms with van der Waals surface area (Å²) in [6, 6.07) is 34.4. The van der Waals surface area contributed by atoms with Gasteiger partial charge in [0.05, 0.1) is 16.6 Å². The molecule has 6 rings (SSSR count). The third-order valence-corrected chi connectivity index (χ3v) is 9.30. The fourth-order valence-corrected chi connectivity index (χ4v) is 6.60. The van der Waals surface area contributed by atoms with Crippen molar-refractivity contribution in [1.29, 1.82) is 0 Å². The molecule has 0 aliphatic carbocycles. The van der Waals surface area contributed by atoms with Gasteiger partial charge in [0.15, 0.2) is 5.82 Å². The summed E-state index contributed by atoms with van der Waals surface area (Å²) in [6.45, 7) is 3.60. The number of ketones is 1. The molecule has 1 aliphatic heterocycles. The molecule has 0 spiro atoms. The second-order valence-corrected chi connectivity index (χ2v) is 12.4. The average molecular weight is 629 g/mol. The number of aromatic nitrogens is 2. The van der Waals surface area contributed by atoms with Crippen LogP contribution in [0.15, 0.2) is 109 Å². The third kappa shape index (κ3) is 7.50. The number of likely N-dealkylation sites (N-methyl/N-ethyl adjacent to an activating group) is 1. The van der Waals surface area contributed by atoms with Gasteiger partial charge >= 0.3 is 5.97 Å². The maximum Gasteiger partial charge on any atom is 0.335 e. The summed E-state index contributed by atoms with van der Waals surface area (Å²) in [5, 5.41) is 9.28. The molecule has 0 radical (unpaired) electrons. The standard InChI is InChI=1S/C39H40N4O4/c1-41(38(45)31-12-6-3-7-13-31)27-33(29-10-4-2-5-11-29)22-25-42-23-20-30(21-24-42)36(44)37-40-34-14-8-9-15-35(34)43(37)26-28-16-18-32(19-17-28)39(46)47/h2-19,30,33H,20-27H2,1H3,(H,46,47). The Morgan fingerprint density at radius 2 is 1.47 bits per heavy atom. The average Bonchev–Trinajstić information content (AvgIpc) is 3.48. The first-order chi connectivity index (χ1) is 22.9. The molecule has 2 heterocycles. The van der Waals surface area contributed by atoms with Crippen molar-refractivity contribution < 1.29 is 19.5 Å². The molecule has 0 saturated carbocycles. The van der Waals surface area contributed by atoms with Crippen LogP contribution in [0.4, 0.5) is 0 Å². The minimum atomic E-state index is -0.965. The number of amides is 1. The minimum absolute atomic E-state index is 0.0224. The fraction of sp³-hybridized carbons (Fsp3) is 0.282. The number of carbonyl (C=O) groups is 3. The van der Waals surface area contributed by atoms with E-state index < -0.39 is 5.97 Å². The van der Waals surface area contributed by atoms with Crippen molar-refractivity contribution in [1.82, 2.24) is 19.4 Å². The molecule has 1 fully saturated rings. The molecule has 1 amide bonds. The van der Waals surface area contributed by atoms with Crippen LogP contribution in [-0.2, 0) is 6.54 Å². The Hall–Kier alpha value is -5.08. The molecule has 1 unspecified atom stereocenters. The first-order valence-electron chi connectivity index (χ1n) is 16.3. The van der Waals surface area contributed by atoms with Crippen molar-refractivity contribution in [3.8, 4) is 0 Å². The second-order valence-electron chi connectivity index (χ2n) is 12.4. The van der Waals surface area contributed by atoms with E-state index in [1.54, 1.807) is 24.3 Å². The van der Waals surface area contributed by atoms with Gasteiger partial charge in [-0.25, -0.2) is 9.78 Å². The molecule has 0 bridgehead atoms. The van der Waals surface area contributed by atoms with Gasteiger partial charge in [0.1, 0.15) is 0 Å². The smallest absolute Gasteiger partial charge is 0.335 e. The number of nitrogens with zero attached hydrogens (tertiary/aromatic N) is 4. The normalized spacial score (nSPS) is 14.6. The molecule has 1 N–H and O–H groups in total. The molecule has 8 nitrogen and oxygen atoms in total. The Morgan fingerprint density at radius 3 is 2.15 bits per heavy atom. The van der Waals surface area contributed by atoms with Gasteiger partial charge in [-0.15, -0.1) is 0 Å². The van der Waals surface area contributed by atoms with Gasteiger partial charge < -0.3 is 19.5 Å². The van der Waals surface area contributed by atoms with Crippen LogP contribution in [-0.4, -0.2) is 75.3 Å². The number of carboxylic acids is 1. The number of fused-ring (bicyclic) bond motifs is 1. The number of carbonyl (C=O) groups excluding carboxylic acids is 2. The zero-order valence-corrected chi connectivity index (χ0v) is 26.7. The summed E-state index contributed by atoms with van der Waals surface area (Å²) in [7, 11) is 1.88. The number of hydrogen-bond acceptors (Lipinski definition) is 5. The molecule has 1 aromatic heterocycles. The van der Waals surface area contributed by atoms with E-state index in [0.717, 1.165) is 55.5 Å². The number of benzene rings is 4. The molecule has 8 heteroatoms. The zero-order valence-electron chi connectivity index (χ0n) is 26.7. The lowest BCUT2D eigenvalue weighted by molar-refractivity contribution is 0.0695. The Kier molecular flexibility index (Phi) is 9.88. The molecule has 1 atom stereocenters. The van der Waals surface area contributed by atoms with Crippen molar-refractivity contribution >= 4 is 28.7 Å². The van der Waals surface area contributed by atoms with Gasteiger partial charge in [-0.05, 0) is 86.4 Å². The molecule has 1 saturated heterocycles. The van der Waals surface area contributed by atoms with E-state index in [2.05, 4.69) is 29.2 Å². The van der Waals surface area contributed by atoms with Crippen LogP contribution >= 0.6 is 0 Å². The van der Waals surface area contributed by atoms with Crippen molar-refractivity contribution in [2.45, 2.75) is 31.7 Å². The zero-order chi connectivity index (χ0) is 32.8. The molecular weight excluding hydrogens is 588 g/mol. The van der Waals surface area contributed by atoms with E-state index in [9.17, 15) is 19.5 Å². The lowest BCUT2D eigenvalue weighted by atomic mass is 9.90. The highest BCUT2D eigenvalue weighted by Gasteiger charge is 2.30. The molecular formula is C39H40N4O4. The number of piperidine rings is 1. The number of aromatic carboxylic acids is 1. The van der Waals surface area contributed by atoms with Gasteiger partial charge in [-0.1, -0.05) is 72.8 Å². The van der Waals surface area contributed by atoms with E-state index in [1.165, 1.54) is 5.56 Å². The number of likely N-dealkylation sites (tertiary alicyclic amines) is 1. The number of hydrogen-bond donors (Lipinski definition) is 1. The highest BCUT2D eigenvalue weighted by molar-refractivity contribution is 5.98. The Labute approximate surface area is 275 Å². The van der Waals surface area contributed by atoms with Gasteiger partial charge in [0.25, 0.3) is 5.91 Å². The maximum absolute atomic E-state index is 14.0. The lowest BCUT2D eigenvalue weighted by Crippen LogP contribution is -2.38. The van der Waals surface area contributed by atoms with Crippen molar-refractivity contribution in [3.05, 3.63) is 137 Å². The van der Waals surface area contributed by atoms with Gasteiger partial charge in [-0.2, -0.15) is 0 Å². The summed E-state index contributed by atoms with van der Waals surface area (Å²) < 4.78 is 1.97. The van der Waals surface area contributed by atoms with Gasteiger partial charge in [-0.3, -0.25) is 9.59 Å². The number of carboxylic acid groups (broad SMARTS) is 1. The number of imidazole rings is 1. The summed E-state index contributed by atoms with van der Waals surface area (Å²) in [6.07, 6.45) is 2.43. The van der Waals surface area contributed by atoms with Crippen molar-refractivity contribution in [3.63, 3.8) is 0 Å². The monoisotopic (exact) mass is 628 g/mol. The minimum Gasteiger partial charge on any atom is -0.478 e. The molecule has 47 heavy (non-hydrogen) atoms. The number of para-hydroxylation sites is 2. The van der Waals surface area contributed by atoms with E-state index in [4.69, 9.17) is 4.98 Å². The van der Waals surface area contributed by atoms with E-state index in [-0.39, 0.29) is 29.1 Å². The molecule has 240 valence electrons. The summed E-state index contributed by atoms with van der Waals surface area (Å²) in [4.78, 5) is 47.4. The Balaban J connectivity index is 1.10. The SMILES string of the molecule is CN(CC(CCN1CCC(C(=O)c2nc3ccccc3n2Cc2ccc(C(=O)O)cc2)CC1)c1ccccc1)C(=O)c1ccccc1. The second kappa shape index (κ2) is 14.6. The van der Waals surface area contributed by atoms with E-state index in [0.29, 0.717) is 24.5 Å². The van der Waals surface area contributed by atoms with Gasteiger partial charge in [0, 0.05) is 37.5 Å². The van der Waals surface area contributed by atoms with Crippen LogP contribution in [0.1, 0.15) is 67.6 Å². The molecule has 1 aliphatic rings. The Bertz CT molecular complexity index is 1830. The van der Waals surface area contributed by atoms with Gasteiger partial charge in [0.2, 0.25) is 5.78 Å². The van der Waals surface area contributed by atoms with Crippen LogP contribution in [0, 0.1) is 5.92 Å². The predicted molar refractivity (Wildman–Crippen MR) is 183 cm³/mol. The van der Waals surface area contributed by atoms with Crippen molar-refractivity contribution in [2.24, 2.45) is 5.92 Å². The van der Waals surface area contributed by atoms with Crippen LogP contribution in [0.3, 0.4) is 0 Å². The van der Waals surface area contributed by atoms with Crippen LogP contribution < -0.4 is 0 Å². The van der Waals surface area contributed by atoms with Crippen LogP contribution in [0.2, 0.25) is 0 Å². The van der Waals surface area contributed by atoms with E-state index in [1.807, 2.05) is 77.2 Å². The van der Waals surface area contributed by atoms with Crippen LogP contribution in [0.25, 0.3) is 11.0 Å². The fourth-order valence-electron chi connectivity index (χ4n) is 6.60. The first-order valence-corrected chi connectivity index (χ1v) is 16.3. The molecule has 4 aromatic carbocycles. The summed E-state index contributed by atoms with van der Waals surface area (Å²) >= 11 is 0. The predicted octanol–water partition coefficient (Wildman–Crippen LogP) is 6.62. The van der Waals surface area contributed by atoms with Crippen LogP contribution in [0.5, 0.6) is 0 Å². The highest BCUT2D eigenvalue weighted by Crippen LogP contribution is 2.27. The Morgan fingerprint density at radius 1 is 0.830 bits per heavy atom. The quantitative estimate of drug-likeness (QED) is 0.156. The highest BCUT2D eigenvalue weighted by atomic mass is 16.4.